The topological polar surface area (TPSA) is 55.4 Å². The summed E-state index contributed by atoms with van der Waals surface area (Å²) in [5.74, 6) is -0.407. The molecule has 1 aliphatic carbocycles. The molecule has 25 heavy (non-hydrogen) atoms. The van der Waals surface area contributed by atoms with Gasteiger partial charge in [-0.2, -0.15) is 0 Å². The maximum Gasteiger partial charge on any atom is 0.306 e. The first-order valence-electron chi connectivity index (χ1n) is 8.48. The number of hydrogen-bond donors (Lipinski definition) is 1. The SMILES string of the molecule is O=C(COC(=O)C[C@@H]1C=CCC1)Nc1ccc(-c2ccccc2)cc1. The van der Waals surface area contributed by atoms with Crippen molar-refractivity contribution in [2.24, 2.45) is 5.92 Å². The maximum atomic E-state index is 11.9. The smallest absolute Gasteiger partial charge is 0.306 e. The van der Waals surface area contributed by atoms with Gasteiger partial charge in [0, 0.05) is 5.69 Å². The van der Waals surface area contributed by atoms with E-state index in [2.05, 4.69) is 11.4 Å². The molecule has 1 amide bonds. The molecular formula is C21H21NO3. The number of amides is 1. The Labute approximate surface area is 147 Å². The number of carbonyl (C=O) groups excluding carboxylic acids is 2. The van der Waals surface area contributed by atoms with Crippen LogP contribution in [0.1, 0.15) is 19.3 Å². The molecule has 4 heteroatoms. The van der Waals surface area contributed by atoms with Crippen LogP contribution in [-0.4, -0.2) is 18.5 Å². The number of carbonyl (C=O) groups is 2. The summed E-state index contributed by atoms with van der Waals surface area (Å²) in [4.78, 5) is 23.6. The van der Waals surface area contributed by atoms with Crippen molar-refractivity contribution in [2.75, 3.05) is 11.9 Å². The molecule has 0 aliphatic heterocycles. The molecule has 1 atom stereocenters. The van der Waals surface area contributed by atoms with Gasteiger partial charge in [-0.1, -0.05) is 54.6 Å². The number of rotatable bonds is 6. The van der Waals surface area contributed by atoms with Crippen molar-refractivity contribution in [3.63, 3.8) is 0 Å². The highest BCUT2D eigenvalue weighted by atomic mass is 16.5. The summed E-state index contributed by atoms with van der Waals surface area (Å²) in [6, 6.07) is 17.6. The Hall–Kier alpha value is -2.88. The highest BCUT2D eigenvalue weighted by molar-refractivity contribution is 5.93. The fraction of sp³-hybridized carbons (Fsp3) is 0.238. The van der Waals surface area contributed by atoms with Crippen LogP contribution in [0.4, 0.5) is 5.69 Å². The third-order valence-electron chi connectivity index (χ3n) is 4.18. The van der Waals surface area contributed by atoms with E-state index in [-0.39, 0.29) is 24.4 Å². The summed E-state index contributed by atoms with van der Waals surface area (Å²) in [7, 11) is 0. The highest BCUT2D eigenvalue weighted by Gasteiger charge is 2.16. The molecule has 0 aromatic heterocycles. The minimum atomic E-state index is -0.331. The first-order valence-corrected chi connectivity index (χ1v) is 8.48. The van der Waals surface area contributed by atoms with Crippen LogP contribution >= 0.6 is 0 Å². The van der Waals surface area contributed by atoms with Crippen LogP contribution in [0.15, 0.2) is 66.7 Å². The molecule has 0 fully saturated rings. The predicted molar refractivity (Wildman–Crippen MR) is 97.9 cm³/mol. The van der Waals surface area contributed by atoms with Gasteiger partial charge in [-0.15, -0.1) is 0 Å². The minimum absolute atomic E-state index is 0.251. The molecule has 4 nitrogen and oxygen atoms in total. The van der Waals surface area contributed by atoms with Crippen molar-refractivity contribution in [2.45, 2.75) is 19.3 Å². The van der Waals surface area contributed by atoms with Gasteiger partial charge >= 0.3 is 5.97 Å². The molecule has 0 bridgehead atoms. The normalized spacial score (nSPS) is 15.8. The minimum Gasteiger partial charge on any atom is -0.456 e. The molecule has 0 saturated heterocycles. The molecule has 2 aromatic carbocycles. The summed E-state index contributed by atoms with van der Waals surface area (Å²) in [5.41, 5.74) is 2.88. The fourth-order valence-electron chi connectivity index (χ4n) is 2.86. The predicted octanol–water partition coefficient (Wildman–Crippen LogP) is 4.19. The van der Waals surface area contributed by atoms with Gasteiger partial charge in [0.05, 0.1) is 6.42 Å². The van der Waals surface area contributed by atoms with E-state index in [4.69, 9.17) is 4.74 Å². The van der Waals surface area contributed by atoms with E-state index in [1.165, 1.54) is 0 Å². The largest absolute Gasteiger partial charge is 0.456 e. The molecule has 3 rings (SSSR count). The lowest BCUT2D eigenvalue weighted by atomic mass is 10.1. The maximum absolute atomic E-state index is 11.9. The van der Waals surface area contributed by atoms with E-state index in [1.807, 2.05) is 60.7 Å². The molecular weight excluding hydrogens is 314 g/mol. The van der Waals surface area contributed by atoms with Crippen molar-refractivity contribution >= 4 is 17.6 Å². The molecule has 0 unspecified atom stereocenters. The van der Waals surface area contributed by atoms with Gasteiger partial charge in [0.2, 0.25) is 0 Å². The van der Waals surface area contributed by atoms with Gasteiger partial charge in [0.15, 0.2) is 6.61 Å². The van der Waals surface area contributed by atoms with Crippen LogP contribution in [0.2, 0.25) is 0 Å². The van der Waals surface area contributed by atoms with Crippen molar-refractivity contribution < 1.29 is 14.3 Å². The average Bonchev–Trinajstić information content (AvgIpc) is 3.14. The van der Waals surface area contributed by atoms with Crippen LogP contribution in [0, 0.1) is 5.92 Å². The van der Waals surface area contributed by atoms with E-state index in [0.717, 1.165) is 24.0 Å². The van der Waals surface area contributed by atoms with Gasteiger partial charge < -0.3 is 10.1 Å². The van der Waals surface area contributed by atoms with Gasteiger partial charge in [-0.3, -0.25) is 9.59 Å². The van der Waals surface area contributed by atoms with E-state index < -0.39 is 0 Å². The molecule has 0 heterocycles. The number of benzene rings is 2. The number of anilines is 1. The van der Waals surface area contributed by atoms with E-state index in [1.54, 1.807) is 0 Å². The standard InChI is InChI=1S/C21H21NO3/c23-20(15-25-21(24)14-16-6-4-5-7-16)22-19-12-10-18(11-13-19)17-8-2-1-3-9-17/h1-4,6,8-13,16H,5,7,14-15H2,(H,22,23)/t16-/m1/s1. The second-order valence-electron chi connectivity index (χ2n) is 6.12. The zero-order valence-electron chi connectivity index (χ0n) is 14.0. The van der Waals surface area contributed by atoms with Gasteiger partial charge in [0.1, 0.15) is 0 Å². The summed E-state index contributed by atoms with van der Waals surface area (Å²) in [6.45, 7) is -0.254. The molecule has 128 valence electrons. The fourth-order valence-corrected chi connectivity index (χ4v) is 2.86. The zero-order chi connectivity index (χ0) is 17.5. The van der Waals surface area contributed by atoms with Crippen LogP contribution in [0.3, 0.4) is 0 Å². The number of ether oxygens (including phenoxy) is 1. The second kappa shape index (κ2) is 8.29. The number of allylic oxidation sites excluding steroid dienone is 2. The molecule has 1 aliphatic rings. The molecule has 0 spiro atoms. The van der Waals surface area contributed by atoms with Crippen LogP contribution in [0.5, 0.6) is 0 Å². The first kappa shape index (κ1) is 17.0. The van der Waals surface area contributed by atoms with Crippen molar-refractivity contribution in [1.29, 1.82) is 0 Å². The summed E-state index contributed by atoms with van der Waals surface area (Å²) < 4.78 is 5.05. The molecule has 2 aromatic rings. The Bertz CT molecular complexity index is 750. The lowest BCUT2D eigenvalue weighted by Gasteiger charge is -2.09. The monoisotopic (exact) mass is 335 g/mol. The Kier molecular flexibility index (Phi) is 5.62. The first-order chi connectivity index (χ1) is 12.2. The van der Waals surface area contributed by atoms with Gasteiger partial charge in [-0.25, -0.2) is 0 Å². The number of esters is 1. The van der Waals surface area contributed by atoms with E-state index >= 15 is 0 Å². The lowest BCUT2D eigenvalue weighted by Crippen LogP contribution is -2.21. The summed E-state index contributed by atoms with van der Waals surface area (Å²) in [5, 5.41) is 2.74. The lowest BCUT2D eigenvalue weighted by molar-refractivity contribution is -0.147. The zero-order valence-corrected chi connectivity index (χ0v) is 14.0. The Morgan fingerprint density at radius 2 is 1.72 bits per heavy atom. The van der Waals surface area contributed by atoms with Crippen LogP contribution < -0.4 is 5.32 Å². The quantitative estimate of drug-likeness (QED) is 0.636. The average molecular weight is 335 g/mol. The molecule has 0 saturated carbocycles. The van der Waals surface area contributed by atoms with Gasteiger partial charge in [0.25, 0.3) is 5.91 Å². The highest BCUT2D eigenvalue weighted by Crippen LogP contribution is 2.22. The van der Waals surface area contributed by atoms with E-state index in [0.29, 0.717) is 12.1 Å². The van der Waals surface area contributed by atoms with Crippen LogP contribution in [0.25, 0.3) is 11.1 Å². The molecule has 1 N–H and O–H groups in total. The summed E-state index contributed by atoms with van der Waals surface area (Å²) >= 11 is 0. The van der Waals surface area contributed by atoms with Crippen molar-refractivity contribution in [3.8, 4) is 11.1 Å². The summed E-state index contributed by atoms with van der Waals surface area (Å²) in [6.07, 6.45) is 6.45. The Morgan fingerprint density at radius 3 is 2.40 bits per heavy atom. The number of hydrogen-bond acceptors (Lipinski definition) is 3. The Balaban J connectivity index is 1.46. The van der Waals surface area contributed by atoms with Crippen molar-refractivity contribution in [1.82, 2.24) is 0 Å². The Morgan fingerprint density at radius 1 is 1.00 bits per heavy atom. The number of nitrogens with one attached hydrogen (secondary N) is 1. The second-order valence-corrected chi connectivity index (χ2v) is 6.12. The van der Waals surface area contributed by atoms with Crippen LogP contribution in [-0.2, 0) is 14.3 Å². The molecule has 0 radical (unpaired) electrons. The van der Waals surface area contributed by atoms with Gasteiger partial charge in [-0.05, 0) is 42.0 Å². The van der Waals surface area contributed by atoms with Crippen molar-refractivity contribution in [3.05, 3.63) is 66.7 Å². The third kappa shape index (κ3) is 5.05. The van der Waals surface area contributed by atoms with E-state index in [9.17, 15) is 9.59 Å². The third-order valence-corrected chi connectivity index (χ3v) is 4.18.